The molecule has 2 bridgehead atoms. The fraction of sp³-hybridized carbons (Fsp3) is 0.741. The van der Waals surface area contributed by atoms with Gasteiger partial charge in [0.2, 0.25) is 0 Å². The van der Waals surface area contributed by atoms with Gasteiger partial charge < -0.3 is 19.7 Å². The van der Waals surface area contributed by atoms with Crippen LogP contribution in [0.15, 0.2) is 6.07 Å². The van der Waals surface area contributed by atoms with E-state index in [0.29, 0.717) is 24.1 Å². The number of likely N-dealkylation sites (tertiary alicyclic amines) is 1. The van der Waals surface area contributed by atoms with Crippen molar-refractivity contribution in [2.45, 2.75) is 88.4 Å². The molecule has 9 heteroatoms. The Hall–Kier alpha value is -1.41. The van der Waals surface area contributed by atoms with Crippen molar-refractivity contribution in [3.05, 3.63) is 17.2 Å². The van der Waals surface area contributed by atoms with Crippen LogP contribution in [0, 0.1) is 17.8 Å². The normalized spacial score (nSPS) is 32.6. The first-order chi connectivity index (χ1) is 16.3. The first kappa shape index (κ1) is 27.6. The highest BCUT2D eigenvalue weighted by atomic mass is 35.5. The van der Waals surface area contributed by atoms with E-state index in [4.69, 9.17) is 9.47 Å². The standard InChI is InChI=1S/C27H38N2O5.2ClH/c1-14(2)10-19(26(31)32)28-18-7-6-17-20-11-16-22(33-3)12-21(30)24-23(16)27(17,25(18)34-24)8-9-29(20)13-15-4-5-15;;/h12,14-15,17-20,25,28,30H,4-11,13H2,1-3H3,(H,31,32);2*1H/t17-,18+,19-,20+,25-,27-;;/m0../s1. The number of halogens is 2. The van der Waals surface area contributed by atoms with Gasteiger partial charge in [-0.15, -0.1) is 24.8 Å². The Morgan fingerprint density at radius 3 is 2.67 bits per heavy atom. The van der Waals surface area contributed by atoms with Gasteiger partial charge in [0.1, 0.15) is 17.9 Å². The third kappa shape index (κ3) is 4.14. The van der Waals surface area contributed by atoms with Crippen LogP contribution in [0.3, 0.4) is 0 Å². The van der Waals surface area contributed by atoms with Crippen molar-refractivity contribution in [2.75, 3.05) is 20.2 Å². The number of hydrogen-bond acceptors (Lipinski definition) is 6. The molecule has 1 spiro atoms. The summed E-state index contributed by atoms with van der Waals surface area (Å²) in [4.78, 5) is 14.8. The van der Waals surface area contributed by atoms with Gasteiger partial charge in [0.25, 0.3) is 0 Å². The molecule has 3 aliphatic carbocycles. The van der Waals surface area contributed by atoms with Crippen molar-refractivity contribution in [1.29, 1.82) is 0 Å². The highest BCUT2D eigenvalue weighted by Gasteiger charge is 2.66. The van der Waals surface area contributed by atoms with Gasteiger partial charge >= 0.3 is 5.97 Å². The number of carboxylic acid groups (broad SMARTS) is 1. The molecule has 2 aliphatic heterocycles. The average Bonchev–Trinajstić information content (AvgIpc) is 3.54. The number of nitrogens with zero attached hydrogens (tertiary/aromatic N) is 1. The Labute approximate surface area is 226 Å². The van der Waals surface area contributed by atoms with E-state index in [0.717, 1.165) is 49.5 Å². The summed E-state index contributed by atoms with van der Waals surface area (Å²) < 4.78 is 12.4. The van der Waals surface area contributed by atoms with E-state index in [1.807, 2.05) is 0 Å². The van der Waals surface area contributed by atoms with Gasteiger partial charge in [-0.2, -0.15) is 0 Å². The zero-order valence-corrected chi connectivity index (χ0v) is 23.0. The van der Waals surface area contributed by atoms with E-state index >= 15 is 0 Å². The molecule has 0 aromatic heterocycles. The second-order valence-corrected chi connectivity index (χ2v) is 11.8. The SMILES string of the molecule is COc1cc(O)c2c3c1C[C@@H]1[C@@H]4CC[C@@H](N[C@@H](CC(C)C)C(=O)O)[C@H](O2)[C@]34CCN1CC1CC1.Cl.Cl. The summed E-state index contributed by atoms with van der Waals surface area (Å²) in [7, 11) is 1.68. The molecule has 7 nitrogen and oxygen atoms in total. The Morgan fingerprint density at radius 1 is 1.28 bits per heavy atom. The molecule has 2 saturated carbocycles. The third-order valence-corrected chi connectivity index (χ3v) is 9.35. The molecule has 1 aromatic carbocycles. The van der Waals surface area contributed by atoms with Gasteiger partial charge in [-0.1, -0.05) is 13.8 Å². The summed E-state index contributed by atoms with van der Waals surface area (Å²) in [5.41, 5.74) is 2.15. The van der Waals surface area contributed by atoms with Crippen LogP contribution in [0.4, 0.5) is 0 Å². The summed E-state index contributed by atoms with van der Waals surface area (Å²) in [5, 5.41) is 24.4. The number of hydrogen-bond donors (Lipinski definition) is 3. The van der Waals surface area contributed by atoms with Gasteiger partial charge in [0.15, 0.2) is 11.5 Å². The van der Waals surface area contributed by atoms with Crippen LogP contribution in [-0.2, 0) is 16.6 Å². The Morgan fingerprint density at radius 2 is 2.03 bits per heavy atom. The van der Waals surface area contributed by atoms with E-state index in [-0.39, 0.29) is 54.0 Å². The maximum absolute atomic E-state index is 12.1. The molecule has 2 heterocycles. The molecule has 0 radical (unpaired) electrons. The largest absolute Gasteiger partial charge is 0.504 e. The molecule has 3 fully saturated rings. The zero-order valence-electron chi connectivity index (χ0n) is 21.4. The van der Waals surface area contributed by atoms with Crippen LogP contribution in [0.2, 0.25) is 0 Å². The average molecular weight is 544 g/mol. The van der Waals surface area contributed by atoms with Gasteiger partial charge in [-0.05, 0) is 69.2 Å². The second kappa shape index (κ2) is 10.0. The molecular weight excluding hydrogens is 503 g/mol. The maximum Gasteiger partial charge on any atom is 0.320 e. The van der Waals surface area contributed by atoms with Gasteiger partial charge in [-0.25, -0.2) is 0 Å². The molecule has 1 saturated heterocycles. The van der Waals surface area contributed by atoms with Crippen LogP contribution in [0.25, 0.3) is 0 Å². The van der Waals surface area contributed by atoms with E-state index in [2.05, 4.69) is 24.1 Å². The number of aliphatic carboxylic acids is 1. The minimum Gasteiger partial charge on any atom is -0.504 e. The minimum absolute atomic E-state index is 0. The van der Waals surface area contributed by atoms with Crippen molar-refractivity contribution in [2.24, 2.45) is 17.8 Å². The lowest BCUT2D eigenvalue weighted by atomic mass is 9.51. The number of phenols is 1. The summed E-state index contributed by atoms with van der Waals surface area (Å²) in [6.45, 7) is 6.35. The summed E-state index contributed by atoms with van der Waals surface area (Å²) in [5.74, 6) is 2.31. The predicted molar refractivity (Wildman–Crippen MR) is 142 cm³/mol. The number of rotatable bonds is 8. The summed E-state index contributed by atoms with van der Waals surface area (Å²) in [6.07, 6.45) is 6.98. The topological polar surface area (TPSA) is 91.3 Å². The van der Waals surface area contributed by atoms with E-state index < -0.39 is 12.0 Å². The van der Waals surface area contributed by atoms with Gasteiger partial charge in [0, 0.05) is 41.2 Å². The lowest BCUT2D eigenvalue weighted by Gasteiger charge is -2.60. The number of nitrogens with one attached hydrogen (secondary N) is 1. The van der Waals surface area contributed by atoms with Crippen LogP contribution in [0.5, 0.6) is 17.2 Å². The summed E-state index contributed by atoms with van der Waals surface area (Å²) >= 11 is 0. The fourth-order valence-electron chi connectivity index (χ4n) is 7.86. The highest BCUT2D eigenvalue weighted by molar-refractivity contribution is 5.85. The maximum atomic E-state index is 12.1. The highest BCUT2D eigenvalue weighted by Crippen LogP contribution is 2.65. The van der Waals surface area contributed by atoms with Crippen LogP contribution >= 0.6 is 24.8 Å². The van der Waals surface area contributed by atoms with Crippen molar-refractivity contribution in [1.82, 2.24) is 10.2 Å². The molecule has 3 N–H and O–H groups in total. The quantitative estimate of drug-likeness (QED) is 0.454. The van der Waals surface area contributed by atoms with Crippen LogP contribution in [0.1, 0.15) is 63.5 Å². The van der Waals surface area contributed by atoms with Crippen molar-refractivity contribution >= 4 is 30.8 Å². The second-order valence-electron chi connectivity index (χ2n) is 11.8. The van der Waals surface area contributed by atoms with Crippen LogP contribution < -0.4 is 14.8 Å². The molecule has 6 atom stereocenters. The number of carboxylic acids is 1. The minimum atomic E-state index is -0.796. The first-order valence-electron chi connectivity index (χ1n) is 13.2. The molecule has 6 rings (SSSR count). The van der Waals surface area contributed by atoms with E-state index in [1.54, 1.807) is 13.2 Å². The van der Waals surface area contributed by atoms with Crippen LogP contribution in [-0.4, -0.2) is 65.5 Å². The van der Waals surface area contributed by atoms with Gasteiger partial charge in [-0.3, -0.25) is 15.0 Å². The lowest BCUT2D eigenvalue weighted by Crippen LogP contribution is -2.69. The molecule has 36 heavy (non-hydrogen) atoms. The molecule has 5 aliphatic rings. The number of ether oxygens (including phenoxy) is 2. The van der Waals surface area contributed by atoms with Gasteiger partial charge in [0.05, 0.1) is 7.11 Å². The Balaban J connectivity index is 0.00000152. The van der Waals surface area contributed by atoms with Crippen molar-refractivity contribution < 1.29 is 24.5 Å². The zero-order chi connectivity index (χ0) is 23.8. The van der Waals surface area contributed by atoms with Crippen molar-refractivity contribution in [3.63, 3.8) is 0 Å². The predicted octanol–water partition coefficient (Wildman–Crippen LogP) is 4.15. The summed E-state index contributed by atoms with van der Waals surface area (Å²) in [6, 6.07) is 1.51. The molecule has 0 unspecified atom stereocenters. The number of carbonyl (C=O) groups is 1. The fourth-order valence-corrected chi connectivity index (χ4v) is 7.86. The van der Waals surface area contributed by atoms with E-state index in [9.17, 15) is 15.0 Å². The molecule has 202 valence electrons. The number of aromatic hydroxyl groups is 1. The number of benzene rings is 1. The molecule has 1 aromatic rings. The number of methoxy groups -OCH3 is 1. The smallest absolute Gasteiger partial charge is 0.320 e. The van der Waals surface area contributed by atoms with Crippen molar-refractivity contribution in [3.8, 4) is 17.2 Å². The van der Waals surface area contributed by atoms with E-state index in [1.165, 1.54) is 24.9 Å². The first-order valence-corrected chi connectivity index (χ1v) is 13.2. The molecule has 0 amide bonds. The number of phenolic OH excluding ortho intramolecular Hbond substituents is 1. The third-order valence-electron chi connectivity index (χ3n) is 9.35. The Bertz CT molecular complexity index is 1000. The Kier molecular flexibility index (Phi) is 7.71. The number of piperidine rings is 1. The lowest BCUT2D eigenvalue weighted by molar-refractivity contribution is -0.141. The monoisotopic (exact) mass is 542 g/mol. The molecular formula is C27H40Cl2N2O5.